The minimum atomic E-state index is -0.805. The van der Waals surface area contributed by atoms with Gasteiger partial charge in [-0.2, -0.15) is 0 Å². The molecule has 1 unspecified atom stereocenters. The van der Waals surface area contributed by atoms with Crippen LogP contribution in [0.3, 0.4) is 0 Å². The molecule has 0 amide bonds. The summed E-state index contributed by atoms with van der Waals surface area (Å²) in [4.78, 5) is 22.7. The Morgan fingerprint density at radius 1 is 1.33 bits per heavy atom. The van der Waals surface area contributed by atoms with Crippen LogP contribution < -0.4 is 4.74 Å². The molecule has 1 rings (SSSR count). The molecule has 0 N–H and O–H groups in total. The van der Waals surface area contributed by atoms with E-state index in [-0.39, 0.29) is 17.2 Å². The molecule has 98 valence electrons. The molecular formula is C12H12Cl2O4. The van der Waals surface area contributed by atoms with Crippen LogP contribution in [0.4, 0.5) is 0 Å². The van der Waals surface area contributed by atoms with E-state index in [4.69, 9.17) is 32.7 Å². The van der Waals surface area contributed by atoms with Crippen LogP contribution in [0.2, 0.25) is 0 Å². The molecular weight excluding hydrogens is 279 g/mol. The summed E-state index contributed by atoms with van der Waals surface area (Å²) in [6, 6.07) is 6.27. The highest BCUT2D eigenvalue weighted by molar-refractivity contribution is 6.22. The molecule has 4 nitrogen and oxygen atoms in total. The van der Waals surface area contributed by atoms with Gasteiger partial charge in [-0.3, -0.25) is 4.79 Å². The molecule has 0 aliphatic heterocycles. The number of para-hydroxylation sites is 1. The number of alkyl halides is 2. The van der Waals surface area contributed by atoms with E-state index >= 15 is 0 Å². The van der Waals surface area contributed by atoms with Gasteiger partial charge in [0.2, 0.25) is 0 Å². The predicted octanol–water partition coefficient (Wildman–Crippen LogP) is 2.96. The molecule has 0 radical (unpaired) electrons. The van der Waals surface area contributed by atoms with Crippen molar-refractivity contribution in [2.75, 3.05) is 5.88 Å². The van der Waals surface area contributed by atoms with Gasteiger partial charge in [0.25, 0.3) is 0 Å². The smallest absolute Gasteiger partial charge is 0.343 e. The highest BCUT2D eigenvalue weighted by Gasteiger charge is 2.18. The van der Waals surface area contributed by atoms with Crippen molar-refractivity contribution in [1.29, 1.82) is 0 Å². The largest absolute Gasteiger partial charge is 0.442 e. The van der Waals surface area contributed by atoms with Crippen molar-refractivity contribution in [3.05, 3.63) is 29.8 Å². The van der Waals surface area contributed by atoms with Crippen molar-refractivity contribution in [1.82, 2.24) is 0 Å². The van der Waals surface area contributed by atoms with Gasteiger partial charge in [0.05, 0.1) is 0 Å². The highest BCUT2D eigenvalue weighted by atomic mass is 35.5. The average molecular weight is 291 g/mol. The van der Waals surface area contributed by atoms with Crippen molar-refractivity contribution in [2.24, 2.45) is 0 Å². The number of carbonyl (C=O) groups is 2. The Hall–Kier alpha value is -1.26. The fourth-order valence-corrected chi connectivity index (χ4v) is 1.70. The monoisotopic (exact) mass is 290 g/mol. The fraction of sp³-hybridized carbons (Fsp3) is 0.333. The Morgan fingerprint density at radius 3 is 2.61 bits per heavy atom. The third-order valence-corrected chi connectivity index (χ3v) is 2.46. The molecule has 0 heterocycles. The summed E-state index contributed by atoms with van der Waals surface area (Å²) in [5.41, 5.74) is -0.659. The van der Waals surface area contributed by atoms with E-state index < -0.39 is 17.5 Å². The lowest BCUT2D eigenvalue weighted by atomic mass is 10.2. The predicted molar refractivity (Wildman–Crippen MR) is 68.1 cm³/mol. The SMILES string of the molecule is CC(=O)Oc1ccccc1C(=O)OC(Cl)CCCl. The molecule has 0 spiro atoms. The van der Waals surface area contributed by atoms with E-state index in [1.807, 2.05) is 0 Å². The maximum absolute atomic E-state index is 11.8. The number of esters is 2. The second kappa shape index (κ2) is 7.24. The van der Waals surface area contributed by atoms with Crippen molar-refractivity contribution < 1.29 is 19.1 Å². The second-order valence-electron chi connectivity index (χ2n) is 3.38. The van der Waals surface area contributed by atoms with E-state index in [1.165, 1.54) is 19.1 Å². The first-order chi connectivity index (χ1) is 8.54. The normalized spacial score (nSPS) is 11.7. The van der Waals surface area contributed by atoms with E-state index in [9.17, 15) is 9.59 Å². The quantitative estimate of drug-likeness (QED) is 0.475. The molecule has 0 aliphatic carbocycles. The van der Waals surface area contributed by atoms with E-state index in [0.29, 0.717) is 6.42 Å². The number of ether oxygens (including phenoxy) is 2. The maximum atomic E-state index is 11.8. The summed E-state index contributed by atoms with van der Waals surface area (Å²) in [7, 11) is 0. The molecule has 0 bridgehead atoms. The van der Waals surface area contributed by atoms with Crippen molar-refractivity contribution in [3.8, 4) is 5.75 Å². The zero-order valence-electron chi connectivity index (χ0n) is 9.69. The van der Waals surface area contributed by atoms with Gasteiger partial charge in [0.1, 0.15) is 11.3 Å². The molecule has 0 aliphatic rings. The minimum absolute atomic E-state index is 0.143. The van der Waals surface area contributed by atoms with Gasteiger partial charge in [-0.05, 0) is 12.1 Å². The Balaban J connectivity index is 2.81. The summed E-state index contributed by atoms with van der Waals surface area (Å²) in [5, 5.41) is 0. The summed E-state index contributed by atoms with van der Waals surface area (Å²) >= 11 is 11.2. The molecule has 1 aromatic carbocycles. The molecule has 0 fully saturated rings. The Kier molecular flexibility index (Phi) is 5.95. The van der Waals surface area contributed by atoms with E-state index in [2.05, 4.69) is 0 Å². The molecule has 1 atom stereocenters. The lowest BCUT2D eigenvalue weighted by Gasteiger charge is -2.11. The van der Waals surface area contributed by atoms with Gasteiger partial charge in [0.15, 0.2) is 5.56 Å². The molecule has 0 saturated heterocycles. The number of halogens is 2. The van der Waals surface area contributed by atoms with Crippen LogP contribution in [-0.2, 0) is 9.53 Å². The summed E-state index contributed by atoms with van der Waals surface area (Å²) in [5.74, 6) is -0.743. The van der Waals surface area contributed by atoms with Gasteiger partial charge in [-0.1, -0.05) is 23.7 Å². The van der Waals surface area contributed by atoms with Crippen molar-refractivity contribution in [3.63, 3.8) is 0 Å². The van der Waals surface area contributed by atoms with Crippen LogP contribution in [0, 0.1) is 0 Å². The third-order valence-electron chi connectivity index (χ3n) is 1.93. The van der Waals surface area contributed by atoms with Gasteiger partial charge in [-0.25, -0.2) is 4.79 Å². The molecule has 1 aromatic rings. The maximum Gasteiger partial charge on any atom is 0.343 e. The number of hydrogen-bond donors (Lipinski definition) is 0. The minimum Gasteiger partial charge on any atom is -0.442 e. The first-order valence-corrected chi connectivity index (χ1v) is 6.20. The van der Waals surface area contributed by atoms with Crippen LogP contribution in [0.1, 0.15) is 23.7 Å². The standard InChI is InChI=1S/C12H12Cl2O4/c1-8(15)17-10-5-3-2-4-9(10)12(16)18-11(14)6-7-13/h2-5,11H,6-7H2,1H3. The van der Waals surface area contributed by atoms with E-state index in [1.54, 1.807) is 12.1 Å². The van der Waals surface area contributed by atoms with Crippen LogP contribution in [0.5, 0.6) is 5.75 Å². The van der Waals surface area contributed by atoms with Gasteiger partial charge in [-0.15, -0.1) is 11.6 Å². The highest BCUT2D eigenvalue weighted by Crippen LogP contribution is 2.20. The summed E-state index contributed by atoms with van der Waals surface area (Å²) in [6.45, 7) is 1.25. The van der Waals surface area contributed by atoms with Gasteiger partial charge < -0.3 is 9.47 Å². The molecule has 6 heteroatoms. The number of rotatable bonds is 5. The van der Waals surface area contributed by atoms with Crippen LogP contribution >= 0.6 is 23.2 Å². The topological polar surface area (TPSA) is 52.6 Å². The summed E-state index contributed by atoms with van der Waals surface area (Å²) in [6.07, 6.45) is 0.338. The third kappa shape index (κ3) is 4.55. The number of benzene rings is 1. The number of carbonyl (C=O) groups excluding carboxylic acids is 2. The van der Waals surface area contributed by atoms with Crippen molar-refractivity contribution >= 4 is 35.1 Å². The van der Waals surface area contributed by atoms with Crippen LogP contribution in [0.15, 0.2) is 24.3 Å². The lowest BCUT2D eigenvalue weighted by molar-refractivity contribution is -0.131. The second-order valence-corrected chi connectivity index (χ2v) is 4.25. The Bertz CT molecular complexity index is 434. The first-order valence-electron chi connectivity index (χ1n) is 5.23. The van der Waals surface area contributed by atoms with Crippen LogP contribution in [-0.4, -0.2) is 23.4 Å². The Labute approximate surface area is 115 Å². The molecule has 0 saturated carbocycles. The van der Waals surface area contributed by atoms with Gasteiger partial charge in [0, 0.05) is 19.2 Å². The molecule has 0 aromatic heterocycles. The fourth-order valence-electron chi connectivity index (χ4n) is 1.20. The number of hydrogen-bond acceptors (Lipinski definition) is 4. The first kappa shape index (κ1) is 14.8. The average Bonchev–Trinajstić information content (AvgIpc) is 2.28. The van der Waals surface area contributed by atoms with Crippen LogP contribution in [0.25, 0.3) is 0 Å². The molecule has 18 heavy (non-hydrogen) atoms. The summed E-state index contributed by atoms with van der Waals surface area (Å²) < 4.78 is 9.85. The van der Waals surface area contributed by atoms with Crippen molar-refractivity contribution in [2.45, 2.75) is 18.9 Å². The van der Waals surface area contributed by atoms with E-state index in [0.717, 1.165) is 0 Å². The zero-order chi connectivity index (χ0) is 13.5. The lowest BCUT2D eigenvalue weighted by Crippen LogP contribution is -2.15. The van der Waals surface area contributed by atoms with Gasteiger partial charge >= 0.3 is 11.9 Å². The zero-order valence-corrected chi connectivity index (χ0v) is 11.2. The Morgan fingerprint density at radius 2 is 2.00 bits per heavy atom.